The molecule has 0 amide bonds. The third-order valence-electron chi connectivity index (χ3n) is 2.51. The molecule has 0 bridgehead atoms. The Morgan fingerprint density at radius 1 is 1.44 bits per heavy atom. The number of nitrogens with one attached hydrogen (secondary N) is 1. The number of phenolic OH excluding ortho intramolecular Hbond substituents is 1. The van der Waals surface area contributed by atoms with Gasteiger partial charge in [-0.1, -0.05) is 19.1 Å². The van der Waals surface area contributed by atoms with Crippen LogP contribution in [0.2, 0.25) is 0 Å². The molecule has 0 aliphatic carbocycles. The maximum Gasteiger partial charge on any atom is 0.165 e. The number of phenols is 1. The van der Waals surface area contributed by atoms with Crippen molar-refractivity contribution in [3.8, 4) is 5.75 Å². The average molecular weight is 227 g/mol. The summed E-state index contributed by atoms with van der Waals surface area (Å²) in [5, 5.41) is 21.7. The number of rotatable bonds is 6. The Kier molecular flexibility index (Phi) is 5.22. The molecule has 4 heteroatoms. The molecule has 0 spiro atoms. The molecule has 3 N–H and O–H groups in total. The zero-order valence-corrected chi connectivity index (χ0v) is 9.41. The molecule has 16 heavy (non-hydrogen) atoms. The van der Waals surface area contributed by atoms with Gasteiger partial charge in [-0.2, -0.15) is 0 Å². The molecule has 0 radical (unpaired) electrons. The Balaban J connectivity index is 2.35. The summed E-state index contributed by atoms with van der Waals surface area (Å²) in [6.07, 6.45) is 1.09. The normalized spacial score (nSPS) is 12.7. The average Bonchev–Trinajstić information content (AvgIpc) is 2.29. The van der Waals surface area contributed by atoms with Crippen molar-refractivity contribution in [2.75, 3.05) is 6.54 Å². The van der Waals surface area contributed by atoms with E-state index in [0.29, 0.717) is 25.1 Å². The highest BCUT2D eigenvalue weighted by atomic mass is 19.1. The van der Waals surface area contributed by atoms with Crippen LogP contribution in [0.3, 0.4) is 0 Å². The van der Waals surface area contributed by atoms with Gasteiger partial charge in [0.15, 0.2) is 11.6 Å². The first kappa shape index (κ1) is 12.9. The van der Waals surface area contributed by atoms with Crippen molar-refractivity contribution in [2.24, 2.45) is 0 Å². The molecular formula is C12H18FNO2. The molecule has 0 saturated heterocycles. The summed E-state index contributed by atoms with van der Waals surface area (Å²) >= 11 is 0. The van der Waals surface area contributed by atoms with Crippen LogP contribution >= 0.6 is 0 Å². The lowest BCUT2D eigenvalue weighted by atomic mass is 10.1. The predicted molar refractivity (Wildman–Crippen MR) is 60.7 cm³/mol. The lowest BCUT2D eigenvalue weighted by molar-refractivity contribution is 0.159. The van der Waals surface area contributed by atoms with E-state index in [9.17, 15) is 14.6 Å². The summed E-state index contributed by atoms with van der Waals surface area (Å²) in [5.74, 6) is -0.904. The van der Waals surface area contributed by atoms with Crippen molar-refractivity contribution in [3.05, 3.63) is 29.6 Å². The molecule has 0 aliphatic rings. The van der Waals surface area contributed by atoms with Gasteiger partial charge in [0.1, 0.15) is 0 Å². The summed E-state index contributed by atoms with van der Waals surface area (Å²) in [7, 11) is 0. The molecule has 1 rings (SSSR count). The molecule has 1 aromatic carbocycles. The van der Waals surface area contributed by atoms with Gasteiger partial charge >= 0.3 is 0 Å². The zero-order chi connectivity index (χ0) is 12.0. The summed E-state index contributed by atoms with van der Waals surface area (Å²) < 4.78 is 13.0. The SMILES string of the molecule is CCC(O)CCNCc1cccc(F)c1O. The monoisotopic (exact) mass is 227 g/mol. The van der Waals surface area contributed by atoms with Crippen LogP contribution in [-0.4, -0.2) is 22.9 Å². The minimum Gasteiger partial charge on any atom is -0.505 e. The molecule has 0 aliphatic heterocycles. The molecular weight excluding hydrogens is 209 g/mol. The van der Waals surface area contributed by atoms with E-state index >= 15 is 0 Å². The lowest BCUT2D eigenvalue weighted by Crippen LogP contribution is -2.19. The lowest BCUT2D eigenvalue weighted by Gasteiger charge is -2.09. The van der Waals surface area contributed by atoms with E-state index in [2.05, 4.69) is 5.32 Å². The quantitative estimate of drug-likeness (QED) is 0.649. The Labute approximate surface area is 94.9 Å². The highest BCUT2D eigenvalue weighted by Gasteiger charge is 2.06. The highest BCUT2D eigenvalue weighted by molar-refractivity contribution is 5.33. The maximum absolute atomic E-state index is 13.0. The Morgan fingerprint density at radius 2 is 2.19 bits per heavy atom. The van der Waals surface area contributed by atoms with E-state index in [-0.39, 0.29) is 11.9 Å². The molecule has 1 unspecified atom stereocenters. The smallest absolute Gasteiger partial charge is 0.165 e. The van der Waals surface area contributed by atoms with Crippen molar-refractivity contribution in [2.45, 2.75) is 32.4 Å². The van der Waals surface area contributed by atoms with Crippen LogP contribution in [0.5, 0.6) is 5.75 Å². The third-order valence-corrected chi connectivity index (χ3v) is 2.51. The maximum atomic E-state index is 13.0. The van der Waals surface area contributed by atoms with Crippen LogP contribution in [0.25, 0.3) is 0 Å². The minimum absolute atomic E-state index is 0.298. The second-order valence-electron chi connectivity index (χ2n) is 3.78. The van der Waals surface area contributed by atoms with E-state index in [4.69, 9.17) is 0 Å². The molecule has 0 heterocycles. The zero-order valence-electron chi connectivity index (χ0n) is 9.41. The Bertz CT molecular complexity index is 331. The molecule has 3 nitrogen and oxygen atoms in total. The number of para-hydroxylation sites is 1. The van der Waals surface area contributed by atoms with Crippen molar-refractivity contribution < 1.29 is 14.6 Å². The van der Waals surface area contributed by atoms with Gasteiger partial charge in [-0.15, -0.1) is 0 Å². The first-order valence-corrected chi connectivity index (χ1v) is 5.50. The van der Waals surface area contributed by atoms with Gasteiger partial charge < -0.3 is 15.5 Å². The first-order chi connectivity index (χ1) is 7.65. The summed E-state index contributed by atoms with van der Waals surface area (Å²) in [4.78, 5) is 0. The summed E-state index contributed by atoms with van der Waals surface area (Å²) in [6, 6.07) is 4.45. The van der Waals surface area contributed by atoms with Gasteiger partial charge in [-0.25, -0.2) is 4.39 Å². The van der Waals surface area contributed by atoms with Gasteiger partial charge in [-0.05, 0) is 25.5 Å². The number of hydrogen-bond acceptors (Lipinski definition) is 3. The van der Waals surface area contributed by atoms with Crippen molar-refractivity contribution >= 4 is 0 Å². The van der Waals surface area contributed by atoms with E-state index in [1.54, 1.807) is 12.1 Å². The minimum atomic E-state index is -0.604. The van der Waals surface area contributed by atoms with E-state index in [1.807, 2.05) is 6.92 Å². The van der Waals surface area contributed by atoms with Gasteiger partial charge in [0, 0.05) is 12.1 Å². The third kappa shape index (κ3) is 3.79. The molecule has 1 atom stereocenters. The fourth-order valence-corrected chi connectivity index (χ4v) is 1.40. The van der Waals surface area contributed by atoms with Crippen LogP contribution in [-0.2, 0) is 6.54 Å². The largest absolute Gasteiger partial charge is 0.505 e. The number of aliphatic hydroxyl groups is 1. The Morgan fingerprint density at radius 3 is 2.88 bits per heavy atom. The Hall–Kier alpha value is -1.13. The second kappa shape index (κ2) is 6.45. The standard InChI is InChI=1S/C12H18FNO2/c1-2-10(15)6-7-14-8-9-4-3-5-11(13)12(9)16/h3-5,10,14-16H,2,6-8H2,1H3. The van der Waals surface area contributed by atoms with Gasteiger partial charge in [0.2, 0.25) is 0 Å². The van der Waals surface area contributed by atoms with Gasteiger partial charge in [0.05, 0.1) is 6.10 Å². The van der Waals surface area contributed by atoms with Crippen molar-refractivity contribution in [1.29, 1.82) is 0 Å². The molecule has 0 saturated carbocycles. The second-order valence-corrected chi connectivity index (χ2v) is 3.78. The van der Waals surface area contributed by atoms with Crippen molar-refractivity contribution in [1.82, 2.24) is 5.32 Å². The predicted octanol–water partition coefficient (Wildman–Crippen LogP) is 1.78. The fourth-order valence-electron chi connectivity index (χ4n) is 1.40. The van der Waals surface area contributed by atoms with Crippen LogP contribution in [0, 0.1) is 5.82 Å². The van der Waals surface area contributed by atoms with Crippen LogP contribution in [0.1, 0.15) is 25.3 Å². The van der Waals surface area contributed by atoms with Crippen molar-refractivity contribution in [3.63, 3.8) is 0 Å². The number of aromatic hydroxyl groups is 1. The van der Waals surface area contributed by atoms with E-state index in [0.717, 1.165) is 6.42 Å². The topological polar surface area (TPSA) is 52.5 Å². The fraction of sp³-hybridized carbons (Fsp3) is 0.500. The molecule has 1 aromatic rings. The molecule has 90 valence electrons. The van der Waals surface area contributed by atoms with Crippen LogP contribution < -0.4 is 5.32 Å². The van der Waals surface area contributed by atoms with Gasteiger partial charge in [0.25, 0.3) is 0 Å². The van der Waals surface area contributed by atoms with Crippen LogP contribution in [0.15, 0.2) is 18.2 Å². The molecule has 0 aromatic heterocycles. The number of benzene rings is 1. The number of halogens is 1. The first-order valence-electron chi connectivity index (χ1n) is 5.50. The summed E-state index contributed by atoms with van der Waals surface area (Å²) in [6.45, 7) is 2.97. The van der Waals surface area contributed by atoms with E-state index in [1.165, 1.54) is 6.07 Å². The van der Waals surface area contributed by atoms with Gasteiger partial charge in [-0.3, -0.25) is 0 Å². The highest BCUT2D eigenvalue weighted by Crippen LogP contribution is 2.20. The number of aliphatic hydroxyl groups excluding tert-OH is 1. The molecule has 0 fully saturated rings. The summed E-state index contributed by atoms with van der Waals surface area (Å²) in [5.41, 5.74) is 0.533. The van der Waals surface area contributed by atoms with Crippen LogP contribution in [0.4, 0.5) is 4.39 Å². The number of hydrogen-bond donors (Lipinski definition) is 3. The van der Waals surface area contributed by atoms with E-state index < -0.39 is 5.82 Å².